The van der Waals surface area contributed by atoms with Crippen LogP contribution in [-0.2, 0) is 0 Å². The van der Waals surface area contributed by atoms with Gasteiger partial charge in [-0.25, -0.2) is 0 Å². The summed E-state index contributed by atoms with van der Waals surface area (Å²) in [6.07, 6.45) is 2.04. The fourth-order valence-corrected chi connectivity index (χ4v) is 3.45. The average Bonchev–Trinajstić information content (AvgIpc) is 3.11. The Bertz CT molecular complexity index is 877. The van der Waals surface area contributed by atoms with Crippen LogP contribution in [0.3, 0.4) is 0 Å². The Labute approximate surface area is 153 Å². The number of hydrogen-bond donors (Lipinski definition) is 1. The number of piperidine rings is 1. The van der Waals surface area contributed by atoms with E-state index in [1.807, 2.05) is 55.5 Å². The third-order valence-electron chi connectivity index (χ3n) is 5.00. The van der Waals surface area contributed by atoms with Crippen LogP contribution in [0.25, 0.3) is 11.1 Å². The Morgan fingerprint density at radius 3 is 2.77 bits per heavy atom. The van der Waals surface area contributed by atoms with E-state index in [4.69, 9.17) is 4.42 Å². The van der Waals surface area contributed by atoms with Gasteiger partial charge in [-0.15, -0.1) is 0 Å². The van der Waals surface area contributed by atoms with E-state index in [1.165, 1.54) is 0 Å². The standard InChI is InChI=1S/C21H23N3O2/c1-15-5-4-6-17(13-15)20(25)22-14-16-9-11-24(12-10-16)21-23-18-7-2-3-8-19(18)26-21/h2-8,13,16H,9-12,14H2,1H3,(H,22,25). The molecule has 3 aromatic rings. The highest BCUT2D eigenvalue weighted by Crippen LogP contribution is 2.26. The molecule has 0 aliphatic carbocycles. The van der Waals surface area contributed by atoms with Crippen LogP contribution in [-0.4, -0.2) is 30.5 Å². The van der Waals surface area contributed by atoms with Gasteiger partial charge < -0.3 is 14.6 Å². The lowest BCUT2D eigenvalue weighted by Gasteiger charge is -2.30. The summed E-state index contributed by atoms with van der Waals surface area (Å²) < 4.78 is 5.86. The van der Waals surface area contributed by atoms with Crippen molar-refractivity contribution in [1.29, 1.82) is 0 Å². The summed E-state index contributed by atoms with van der Waals surface area (Å²) in [4.78, 5) is 19.0. The van der Waals surface area contributed by atoms with Crippen molar-refractivity contribution in [3.05, 3.63) is 59.7 Å². The number of fused-ring (bicyclic) bond motifs is 1. The van der Waals surface area contributed by atoms with E-state index in [1.54, 1.807) is 0 Å². The maximum atomic E-state index is 12.3. The number of nitrogens with one attached hydrogen (secondary N) is 1. The molecule has 1 saturated heterocycles. The smallest absolute Gasteiger partial charge is 0.298 e. The van der Waals surface area contributed by atoms with Crippen molar-refractivity contribution in [2.75, 3.05) is 24.5 Å². The third-order valence-corrected chi connectivity index (χ3v) is 5.00. The number of amides is 1. The molecule has 1 aromatic heterocycles. The largest absolute Gasteiger partial charge is 0.423 e. The van der Waals surface area contributed by atoms with Crippen LogP contribution in [0.2, 0.25) is 0 Å². The lowest BCUT2D eigenvalue weighted by atomic mass is 9.97. The number of hydrogen-bond acceptors (Lipinski definition) is 4. The number of carbonyl (C=O) groups is 1. The third kappa shape index (κ3) is 3.57. The number of aryl methyl sites for hydroxylation is 1. The number of nitrogens with zero attached hydrogens (tertiary/aromatic N) is 2. The molecule has 2 aromatic carbocycles. The predicted molar refractivity (Wildman–Crippen MR) is 102 cm³/mol. The second-order valence-electron chi connectivity index (χ2n) is 6.97. The molecule has 0 bridgehead atoms. The van der Waals surface area contributed by atoms with Crippen molar-refractivity contribution in [3.63, 3.8) is 0 Å². The molecule has 0 atom stereocenters. The second kappa shape index (κ2) is 7.20. The molecule has 1 aliphatic rings. The van der Waals surface area contributed by atoms with Gasteiger partial charge in [-0.2, -0.15) is 4.98 Å². The number of carbonyl (C=O) groups excluding carboxylic acids is 1. The minimum absolute atomic E-state index is 0.00933. The molecular weight excluding hydrogens is 326 g/mol. The number of rotatable bonds is 4. The van der Waals surface area contributed by atoms with E-state index in [0.29, 0.717) is 18.5 Å². The number of oxazole rings is 1. The van der Waals surface area contributed by atoms with Gasteiger partial charge in [0.15, 0.2) is 5.58 Å². The molecule has 0 radical (unpaired) electrons. The van der Waals surface area contributed by atoms with Gasteiger partial charge >= 0.3 is 0 Å². The molecule has 5 nitrogen and oxygen atoms in total. The highest BCUT2D eigenvalue weighted by molar-refractivity contribution is 5.94. The van der Waals surface area contributed by atoms with E-state index in [0.717, 1.165) is 48.2 Å². The van der Waals surface area contributed by atoms with E-state index >= 15 is 0 Å². The lowest BCUT2D eigenvalue weighted by molar-refractivity contribution is 0.0944. The monoisotopic (exact) mass is 349 g/mol. The maximum absolute atomic E-state index is 12.3. The quantitative estimate of drug-likeness (QED) is 0.779. The zero-order valence-corrected chi connectivity index (χ0v) is 14.9. The van der Waals surface area contributed by atoms with Crippen LogP contribution in [0.1, 0.15) is 28.8 Å². The molecule has 1 N–H and O–H groups in total. The number of para-hydroxylation sites is 2. The van der Waals surface area contributed by atoms with Gasteiger partial charge in [0.25, 0.3) is 11.9 Å². The first-order valence-electron chi connectivity index (χ1n) is 9.14. The van der Waals surface area contributed by atoms with Gasteiger partial charge in [-0.3, -0.25) is 4.79 Å². The summed E-state index contributed by atoms with van der Waals surface area (Å²) in [6, 6.07) is 16.2. The van der Waals surface area contributed by atoms with Crippen molar-refractivity contribution in [1.82, 2.24) is 10.3 Å². The molecule has 2 heterocycles. The summed E-state index contributed by atoms with van der Waals surface area (Å²) in [6.45, 7) is 4.52. The minimum atomic E-state index is 0.00933. The Hall–Kier alpha value is -2.82. The van der Waals surface area contributed by atoms with E-state index < -0.39 is 0 Å². The molecule has 5 heteroatoms. The van der Waals surface area contributed by atoms with Gasteiger partial charge in [-0.1, -0.05) is 29.8 Å². The number of anilines is 1. The molecule has 134 valence electrons. The summed E-state index contributed by atoms with van der Waals surface area (Å²) in [5.74, 6) is 0.500. The fourth-order valence-electron chi connectivity index (χ4n) is 3.45. The van der Waals surface area contributed by atoms with Crippen LogP contribution in [0.5, 0.6) is 0 Å². The Kier molecular flexibility index (Phi) is 4.61. The molecule has 4 rings (SSSR count). The van der Waals surface area contributed by atoms with Crippen LogP contribution < -0.4 is 10.2 Å². The van der Waals surface area contributed by atoms with Gasteiger partial charge in [0.1, 0.15) is 5.52 Å². The minimum Gasteiger partial charge on any atom is -0.423 e. The summed E-state index contributed by atoms with van der Waals surface area (Å²) in [7, 11) is 0. The first-order chi connectivity index (χ1) is 12.7. The Morgan fingerprint density at radius 2 is 2.00 bits per heavy atom. The summed E-state index contributed by atoms with van der Waals surface area (Å²) >= 11 is 0. The van der Waals surface area contributed by atoms with Crippen molar-refractivity contribution in [2.45, 2.75) is 19.8 Å². The Morgan fingerprint density at radius 1 is 1.19 bits per heavy atom. The SMILES string of the molecule is Cc1cccc(C(=O)NCC2CCN(c3nc4ccccc4o3)CC2)c1. The van der Waals surface area contributed by atoms with E-state index in [2.05, 4.69) is 15.2 Å². The van der Waals surface area contributed by atoms with Gasteiger partial charge in [0.2, 0.25) is 0 Å². The zero-order chi connectivity index (χ0) is 17.9. The van der Waals surface area contributed by atoms with Crippen LogP contribution in [0, 0.1) is 12.8 Å². The molecule has 1 amide bonds. The van der Waals surface area contributed by atoms with E-state index in [9.17, 15) is 4.79 Å². The second-order valence-corrected chi connectivity index (χ2v) is 6.97. The lowest BCUT2D eigenvalue weighted by Crippen LogP contribution is -2.38. The van der Waals surface area contributed by atoms with Crippen LogP contribution in [0.15, 0.2) is 52.9 Å². The normalized spacial score (nSPS) is 15.3. The molecule has 0 spiro atoms. The fraction of sp³-hybridized carbons (Fsp3) is 0.333. The molecule has 26 heavy (non-hydrogen) atoms. The van der Waals surface area contributed by atoms with Crippen molar-refractivity contribution >= 4 is 23.0 Å². The number of benzene rings is 2. The number of aromatic nitrogens is 1. The molecule has 0 unspecified atom stereocenters. The molecule has 0 saturated carbocycles. The van der Waals surface area contributed by atoms with Gasteiger partial charge in [0.05, 0.1) is 0 Å². The average molecular weight is 349 g/mol. The zero-order valence-electron chi connectivity index (χ0n) is 14.9. The topological polar surface area (TPSA) is 58.4 Å². The highest BCUT2D eigenvalue weighted by atomic mass is 16.4. The molecule has 1 aliphatic heterocycles. The summed E-state index contributed by atoms with van der Waals surface area (Å²) in [5.41, 5.74) is 3.56. The summed E-state index contributed by atoms with van der Waals surface area (Å²) in [5, 5.41) is 3.08. The van der Waals surface area contributed by atoms with Crippen molar-refractivity contribution in [2.24, 2.45) is 5.92 Å². The Balaban J connectivity index is 1.30. The van der Waals surface area contributed by atoms with Crippen molar-refractivity contribution in [3.8, 4) is 0 Å². The maximum Gasteiger partial charge on any atom is 0.298 e. The molecular formula is C21H23N3O2. The van der Waals surface area contributed by atoms with Crippen LogP contribution >= 0.6 is 0 Å². The van der Waals surface area contributed by atoms with Gasteiger partial charge in [-0.05, 0) is 49.9 Å². The van der Waals surface area contributed by atoms with Crippen LogP contribution in [0.4, 0.5) is 6.01 Å². The first-order valence-corrected chi connectivity index (χ1v) is 9.14. The highest BCUT2D eigenvalue weighted by Gasteiger charge is 2.23. The van der Waals surface area contributed by atoms with Gasteiger partial charge in [0, 0.05) is 25.2 Å². The van der Waals surface area contributed by atoms with E-state index in [-0.39, 0.29) is 5.91 Å². The predicted octanol–water partition coefficient (Wildman–Crippen LogP) is 3.78. The molecule has 1 fully saturated rings. The first kappa shape index (κ1) is 16.6. The van der Waals surface area contributed by atoms with Crippen molar-refractivity contribution < 1.29 is 9.21 Å².